The van der Waals surface area contributed by atoms with Gasteiger partial charge in [0.15, 0.2) is 0 Å². The zero-order chi connectivity index (χ0) is 30.5. The highest BCUT2D eigenvalue weighted by atomic mass is 32.2. The van der Waals surface area contributed by atoms with Gasteiger partial charge in [-0.2, -0.15) is 0 Å². The van der Waals surface area contributed by atoms with Crippen LogP contribution in [0.15, 0.2) is 59.5 Å². The zero-order valence-electron chi connectivity index (χ0n) is 23.4. The SMILES string of the molecule is Cc1cc(C(=O)N[C@H]2CSc3ccccc3N(CC(=O)Nc3ccc4c(c3)CC3(C4)NC(=O)NC3=O)C2=O)cc(C)c1O.[HH].[HH].[HH].[HH].[HH]. The monoisotopic (exact) mass is 609 g/mol. The van der Waals surface area contributed by atoms with Gasteiger partial charge in [0.05, 0.1) is 5.69 Å². The number of benzene rings is 3. The molecule has 6 amide bonds. The predicted molar refractivity (Wildman–Crippen MR) is 171 cm³/mol. The third-order valence-electron chi connectivity index (χ3n) is 7.97. The maximum absolute atomic E-state index is 13.8. The van der Waals surface area contributed by atoms with Crippen LogP contribution in [0.1, 0.15) is 39.7 Å². The first-order valence-electron chi connectivity index (χ1n) is 13.7. The van der Waals surface area contributed by atoms with Gasteiger partial charge in [-0.15, -0.1) is 11.8 Å². The molecule has 1 aliphatic carbocycles. The van der Waals surface area contributed by atoms with E-state index in [1.54, 1.807) is 50.2 Å². The number of aryl methyl sites for hydroxylation is 2. The molecular weight excluding hydrogens is 570 g/mol. The van der Waals surface area contributed by atoms with Crippen molar-refractivity contribution in [1.82, 2.24) is 16.0 Å². The topological polar surface area (TPSA) is 157 Å². The Labute approximate surface area is 258 Å². The summed E-state index contributed by atoms with van der Waals surface area (Å²) in [6.07, 6.45) is 0.668. The summed E-state index contributed by atoms with van der Waals surface area (Å²) in [5, 5.41) is 20.8. The summed E-state index contributed by atoms with van der Waals surface area (Å²) in [4.78, 5) is 66.6. The molecule has 1 saturated heterocycles. The van der Waals surface area contributed by atoms with Crippen LogP contribution in [0.2, 0.25) is 0 Å². The lowest BCUT2D eigenvalue weighted by atomic mass is 9.96. The van der Waals surface area contributed by atoms with E-state index in [1.165, 1.54) is 16.7 Å². The molecule has 5 N–H and O–H groups in total. The second-order valence-corrected chi connectivity index (χ2v) is 12.1. The minimum Gasteiger partial charge on any atom is -0.507 e. The number of carbonyl (C=O) groups is 5. The number of thioether (sulfide) groups is 1. The first-order chi connectivity index (χ1) is 20.5. The number of hydrogen-bond acceptors (Lipinski definition) is 7. The highest BCUT2D eigenvalue weighted by molar-refractivity contribution is 7.99. The number of nitrogens with zero attached hydrogens (tertiary/aromatic N) is 1. The Hall–Kier alpha value is -4.84. The Kier molecular flexibility index (Phi) is 7.09. The molecule has 2 heterocycles. The molecule has 230 valence electrons. The summed E-state index contributed by atoms with van der Waals surface area (Å²) in [5.74, 6) is -1.30. The van der Waals surface area contributed by atoms with Gasteiger partial charge in [-0.1, -0.05) is 18.2 Å². The summed E-state index contributed by atoms with van der Waals surface area (Å²) in [7, 11) is 0. The van der Waals surface area contributed by atoms with Gasteiger partial charge in [0, 0.05) is 41.9 Å². The van der Waals surface area contributed by atoms with Gasteiger partial charge < -0.3 is 26.0 Å². The van der Waals surface area contributed by atoms with E-state index in [-0.39, 0.29) is 31.1 Å². The van der Waals surface area contributed by atoms with Crippen molar-refractivity contribution in [2.75, 3.05) is 22.5 Å². The van der Waals surface area contributed by atoms with Crippen molar-refractivity contribution < 1.29 is 36.2 Å². The lowest BCUT2D eigenvalue weighted by Gasteiger charge is -2.25. The third-order valence-corrected chi connectivity index (χ3v) is 9.13. The van der Waals surface area contributed by atoms with Crippen LogP contribution in [0.5, 0.6) is 5.75 Å². The van der Waals surface area contributed by atoms with Gasteiger partial charge in [0.1, 0.15) is 23.9 Å². The van der Waals surface area contributed by atoms with Gasteiger partial charge in [0.2, 0.25) is 5.91 Å². The summed E-state index contributed by atoms with van der Waals surface area (Å²) in [6.45, 7) is 3.11. The predicted octanol–water partition coefficient (Wildman–Crippen LogP) is 3.79. The molecule has 2 aliphatic heterocycles. The molecule has 43 heavy (non-hydrogen) atoms. The highest BCUT2D eigenvalue weighted by Crippen LogP contribution is 2.36. The van der Waals surface area contributed by atoms with Gasteiger partial charge >= 0.3 is 6.03 Å². The standard InChI is InChI=1S/C31H29N5O6S.5H2/c1-16-9-19(10-17(2)26(16)38)27(39)33-22-15-43-24-6-4-3-5-23(24)36(28(22)40)14-25(37)32-21-8-7-18-12-31(13-20(18)11-21)29(41)34-30(42)35-31;;;;;/h3-11,22,38H,12-15H2,1-2H3,(H,32,37)(H,33,39)(H2,34,35,41,42);5*1H/t22-,31?;;;;;/m0...../s1. The van der Waals surface area contributed by atoms with E-state index in [9.17, 15) is 29.1 Å². The summed E-state index contributed by atoms with van der Waals surface area (Å²) in [6, 6.07) is 14.3. The molecule has 1 unspecified atom stereocenters. The molecule has 3 aromatic carbocycles. The molecule has 1 spiro atoms. The van der Waals surface area contributed by atoms with E-state index >= 15 is 0 Å². The number of phenols is 1. The molecule has 0 radical (unpaired) electrons. The molecule has 3 aliphatic rings. The molecular formula is C31H39N5O6S. The smallest absolute Gasteiger partial charge is 0.322 e. The number of phenolic OH excluding ortho intramolecular Hbond substituents is 1. The third kappa shape index (κ3) is 5.29. The van der Waals surface area contributed by atoms with Crippen LogP contribution in [0.4, 0.5) is 16.2 Å². The van der Waals surface area contributed by atoms with Crippen LogP contribution in [0, 0.1) is 13.8 Å². The van der Waals surface area contributed by atoms with Gasteiger partial charge in [-0.25, -0.2) is 4.79 Å². The number of carbonyl (C=O) groups excluding carboxylic acids is 5. The molecule has 11 nitrogen and oxygen atoms in total. The number of imide groups is 1. The first kappa shape index (κ1) is 28.3. The number of rotatable bonds is 5. The van der Waals surface area contributed by atoms with Crippen molar-refractivity contribution in [3.63, 3.8) is 0 Å². The fourth-order valence-corrected chi connectivity index (χ4v) is 6.90. The maximum atomic E-state index is 13.8. The van der Waals surface area contributed by atoms with Crippen LogP contribution in [0.3, 0.4) is 0 Å². The van der Waals surface area contributed by atoms with Crippen LogP contribution in [-0.4, -0.2) is 58.6 Å². The van der Waals surface area contributed by atoms with Crippen LogP contribution >= 0.6 is 11.8 Å². The molecule has 0 saturated carbocycles. The van der Waals surface area contributed by atoms with Crippen LogP contribution in [0.25, 0.3) is 0 Å². The van der Waals surface area contributed by atoms with E-state index in [4.69, 9.17) is 0 Å². The number of anilines is 2. The van der Waals surface area contributed by atoms with Crippen LogP contribution < -0.4 is 26.2 Å². The van der Waals surface area contributed by atoms with E-state index < -0.39 is 35.3 Å². The number of para-hydroxylation sites is 1. The van der Waals surface area contributed by atoms with E-state index in [0.29, 0.717) is 40.9 Å². The average Bonchev–Trinajstić information content (AvgIpc) is 3.43. The van der Waals surface area contributed by atoms with Crippen molar-refractivity contribution in [3.8, 4) is 5.75 Å². The van der Waals surface area contributed by atoms with Gasteiger partial charge in [-0.05, 0) is 72.5 Å². The van der Waals surface area contributed by atoms with Gasteiger partial charge in [-0.3, -0.25) is 24.5 Å². The molecule has 2 atom stereocenters. The number of urea groups is 1. The summed E-state index contributed by atoms with van der Waals surface area (Å²) >= 11 is 1.41. The van der Waals surface area contributed by atoms with Gasteiger partial charge in [0.25, 0.3) is 17.7 Å². The molecule has 0 aromatic heterocycles. The van der Waals surface area contributed by atoms with Crippen molar-refractivity contribution in [1.29, 1.82) is 0 Å². The Morgan fingerprint density at radius 1 is 1.05 bits per heavy atom. The number of aromatic hydroxyl groups is 1. The Balaban J connectivity index is 0.00000230. The lowest BCUT2D eigenvalue weighted by molar-refractivity contribution is -0.123. The van der Waals surface area contributed by atoms with Crippen molar-refractivity contribution in [2.24, 2.45) is 0 Å². The normalized spacial score (nSPS) is 20.7. The Morgan fingerprint density at radius 3 is 2.49 bits per heavy atom. The minimum absolute atomic E-state index is 0. The molecule has 3 aromatic rings. The van der Waals surface area contributed by atoms with Crippen molar-refractivity contribution in [2.45, 2.75) is 43.2 Å². The first-order valence-corrected chi connectivity index (χ1v) is 14.7. The van der Waals surface area contributed by atoms with E-state index in [2.05, 4.69) is 21.3 Å². The molecule has 6 rings (SSSR count). The minimum atomic E-state index is -1.02. The Bertz CT molecular complexity index is 1720. The van der Waals surface area contributed by atoms with Crippen molar-refractivity contribution >= 4 is 52.8 Å². The second-order valence-electron chi connectivity index (χ2n) is 11.1. The zero-order valence-corrected chi connectivity index (χ0v) is 24.3. The summed E-state index contributed by atoms with van der Waals surface area (Å²) < 4.78 is 0. The Morgan fingerprint density at radius 2 is 1.77 bits per heavy atom. The fraction of sp³-hybridized carbons (Fsp3) is 0.258. The number of fused-ring (bicyclic) bond motifs is 2. The average molecular weight is 610 g/mol. The lowest BCUT2D eigenvalue weighted by Crippen LogP contribution is -2.51. The molecule has 12 heteroatoms. The quantitative estimate of drug-likeness (QED) is 0.276. The fourth-order valence-electron chi connectivity index (χ4n) is 5.82. The number of amides is 6. The van der Waals surface area contributed by atoms with E-state index in [0.717, 1.165) is 16.0 Å². The molecule has 1 fully saturated rings. The second kappa shape index (κ2) is 10.8. The van der Waals surface area contributed by atoms with Crippen molar-refractivity contribution in [3.05, 3.63) is 82.4 Å². The summed E-state index contributed by atoms with van der Waals surface area (Å²) in [5.41, 5.74) is 3.22. The van der Waals surface area contributed by atoms with Crippen LogP contribution in [-0.2, 0) is 27.2 Å². The molecule has 0 bridgehead atoms. The maximum Gasteiger partial charge on any atom is 0.322 e. The number of nitrogens with one attached hydrogen (secondary N) is 4. The largest absolute Gasteiger partial charge is 0.507 e. The van der Waals surface area contributed by atoms with E-state index in [1.807, 2.05) is 18.2 Å². The number of hydrogen-bond donors (Lipinski definition) is 5. The highest BCUT2D eigenvalue weighted by Gasteiger charge is 2.50.